The summed E-state index contributed by atoms with van der Waals surface area (Å²) in [4.78, 5) is 13.3. The molecule has 3 rings (SSSR count). The van der Waals surface area contributed by atoms with Crippen LogP contribution in [0.2, 0.25) is 0 Å². The van der Waals surface area contributed by atoms with Crippen molar-refractivity contribution in [2.75, 3.05) is 20.8 Å². The molecule has 0 saturated heterocycles. The average Bonchev–Trinajstić information content (AvgIpc) is 2.90. The molecule has 3 aromatic carbocycles. The Balaban J connectivity index is 1.98. The minimum Gasteiger partial charge on any atom is -0.496 e. The number of hydrogen-bond donors (Lipinski definition) is 1. The molecule has 0 fully saturated rings. The van der Waals surface area contributed by atoms with Crippen LogP contribution in [0.4, 0.5) is 13.2 Å². The Morgan fingerprint density at radius 2 is 1.70 bits per heavy atom. The minimum absolute atomic E-state index is 0.00339. The first-order valence-electron chi connectivity index (χ1n) is 11.7. The molecule has 0 bridgehead atoms. The number of halogens is 3. The molecular weight excluding hydrogens is 487 g/mol. The van der Waals surface area contributed by atoms with Gasteiger partial charge in [0, 0.05) is 18.7 Å². The van der Waals surface area contributed by atoms with Gasteiger partial charge in [0.15, 0.2) is 0 Å². The van der Waals surface area contributed by atoms with Gasteiger partial charge in [0.05, 0.1) is 32.8 Å². The van der Waals surface area contributed by atoms with Crippen molar-refractivity contribution in [2.45, 2.75) is 39.1 Å². The van der Waals surface area contributed by atoms with E-state index >= 15 is 0 Å². The molecule has 6 nitrogen and oxygen atoms in total. The van der Waals surface area contributed by atoms with E-state index in [9.17, 15) is 23.1 Å². The SMILES string of the molecule is CCN(Cc1cc(C(F)(F)F)ccc1-c1cc(CC(=O)OC)ccc1OC)C(O)OCc1ccccc1. The van der Waals surface area contributed by atoms with E-state index in [1.165, 1.54) is 25.2 Å². The van der Waals surface area contributed by atoms with Gasteiger partial charge >= 0.3 is 12.1 Å². The number of hydrogen-bond acceptors (Lipinski definition) is 6. The number of methoxy groups -OCH3 is 2. The number of rotatable bonds is 11. The fraction of sp³-hybridized carbons (Fsp3) is 0.321. The van der Waals surface area contributed by atoms with E-state index in [1.54, 1.807) is 25.1 Å². The number of aliphatic hydroxyl groups is 1. The van der Waals surface area contributed by atoms with E-state index in [0.29, 0.717) is 34.5 Å². The van der Waals surface area contributed by atoms with Gasteiger partial charge in [-0.05, 0) is 46.5 Å². The number of aliphatic hydroxyl groups excluding tert-OH is 1. The molecule has 0 amide bonds. The monoisotopic (exact) mass is 517 g/mol. The first-order valence-corrected chi connectivity index (χ1v) is 11.7. The quantitative estimate of drug-likeness (QED) is 0.271. The maximum absolute atomic E-state index is 13.6. The summed E-state index contributed by atoms with van der Waals surface area (Å²) < 4.78 is 56.7. The highest BCUT2D eigenvalue weighted by Gasteiger charge is 2.32. The van der Waals surface area contributed by atoms with Crippen LogP contribution in [0.3, 0.4) is 0 Å². The van der Waals surface area contributed by atoms with Crippen molar-refractivity contribution in [3.8, 4) is 16.9 Å². The van der Waals surface area contributed by atoms with E-state index in [2.05, 4.69) is 0 Å². The van der Waals surface area contributed by atoms with Crippen molar-refractivity contribution in [1.82, 2.24) is 4.90 Å². The number of esters is 1. The van der Waals surface area contributed by atoms with Gasteiger partial charge < -0.3 is 19.3 Å². The molecule has 0 aliphatic carbocycles. The van der Waals surface area contributed by atoms with E-state index in [-0.39, 0.29) is 19.6 Å². The van der Waals surface area contributed by atoms with Gasteiger partial charge in [0.25, 0.3) is 0 Å². The molecule has 0 aromatic heterocycles. The molecule has 9 heteroatoms. The van der Waals surface area contributed by atoms with Gasteiger partial charge in [-0.3, -0.25) is 9.69 Å². The third kappa shape index (κ3) is 7.55. The van der Waals surface area contributed by atoms with Crippen LogP contribution in [0.25, 0.3) is 11.1 Å². The summed E-state index contributed by atoms with van der Waals surface area (Å²) in [5, 5.41) is 10.7. The second kappa shape index (κ2) is 12.7. The molecule has 0 aliphatic rings. The lowest BCUT2D eigenvalue weighted by Crippen LogP contribution is -2.36. The summed E-state index contributed by atoms with van der Waals surface area (Å²) in [6.45, 7) is 2.19. The van der Waals surface area contributed by atoms with Crippen molar-refractivity contribution >= 4 is 5.97 Å². The Morgan fingerprint density at radius 3 is 2.32 bits per heavy atom. The molecule has 1 atom stereocenters. The second-order valence-corrected chi connectivity index (χ2v) is 8.34. The fourth-order valence-corrected chi connectivity index (χ4v) is 3.89. The van der Waals surface area contributed by atoms with E-state index in [4.69, 9.17) is 14.2 Å². The summed E-state index contributed by atoms with van der Waals surface area (Å²) >= 11 is 0. The number of carbonyl (C=O) groups is 1. The van der Waals surface area contributed by atoms with E-state index < -0.39 is 24.1 Å². The van der Waals surface area contributed by atoms with Crippen LogP contribution >= 0.6 is 0 Å². The number of benzene rings is 3. The summed E-state index contributed by atoms with van der Waals surface area (Å²) in [7, 11) is 2.74. The van der Waals surface area contributed by atoms with Crippen LogP contribution < -0.4 is 4.74 Å². The van der Waals surface area contributed by atoms with Gasteiger partial charge in [-0.1, -0.05) is 49.4 Å². The van der Waals surface area contributed by atoms with Crippen LogP contribution in [-0.4, -0.2) is 43.2 Å². The number of alkyl halides is 3. The molecule has 1 N–H and O–H groups in total. The Bertz CT molecular complexity index is 1180. The first-order chi connectivity index (χ1) is 17.7. The normalized spacial score (nSPS) is 12.4. The lowest BCUT2D eigenvalue weighted by Gasteiger charge is -2.28. The number of nitrogens with zero attached hydrogens (tertiary/aromatic N) is 1. The molecule has 1 unspecified atom stereocenters. The van der Waals surface area contributed by atoms with Crippen LogP contribution in [0.1, 0.15) is 29.2 Å². The Kier molecular flexibility index (Phi) is 9.68. The third-order valence-electron chi connectivity index (χ3n) is 5.90. The number of carbonyl (C=O) groups excluding carboxylic acids is 1. The van der Waals surface area contributed by atoms with Crippen molar-refractivity contribution in [2.24, 2.45) is 0 Å². The summed E-state index contributed by atoms with van der Waals surface area (Å²) in [5.74, 6) is -0.0156. The maximum atomic E-state index is 13.6. The van der Waals surface area contributed by atoms with Gasteiger partial charge in [-0.15, -0.1) is 0 Å². The van der Waals surface area contributed by atoms with Crippen molar-refractivity contribution < 1.29 is 37.3 Å². The highest BCUT2D eigenvalue weighted by molar-refractivity contribution is 5.77. The third-order valence-corrected chi connectivity index (χ3v) is 5.90. The smallest absolute Gasteiger partial charge is 0.416 e. The molecule has 0 saturated carbocycles. The zero-order valence-corrected chi connectivity index (χ0v) is 20.9. The molecule has 3 aromatic rings. The zero-order valence-electron chi connectivity index (χ0n) is 20.9. The van der Waals surface area contributed by atoms with Crippen molar-refractivity contribution in [1.29, 1.82) is 0 Å². The molecule has 0 spiro atoms. The highest BCUT2D eigenvalue weighted by atomic mass is 19.4. The van der Waals surface area contributed by atoms with Gasteiger partial charge in [-0.25, -0.2) is 0 Å². The van der Waals surface area contributed by atoms with Crippen molar-refractivity contribution in [3.05, 3.63) is 89.0 Å². The second-order valence-electron chi connectivity index (χ2n) is 8.34. The van der Waals surface area contributed by atoms with Crippen molar-refractivity contribution in [3.63, 3.8) is 0 Å². The highest BCUT2D eigenvalue weighted by Crippen LogP contribution is 2.38. The van der Waals surface area contributed by atoms with Gasteiger partial charge in [0.2, 0.25) is 6.41 Å². The first kappa shape index (κ1) is 28.2. The molecule has 198 valence electrons. The average molecular weight is 518 g/mol. The minimum atomic E-state index is -4.55. The van der Waals surface area contributed by atoms with Crippen LogP contribution in [0, 0.1) is 0 Å². The maximum Gasteiger partial charge on any atom is 0.416 e. The van der Waals surface area contributed by atoms with Gasteiger partial charge in [0.1, 0.15) is 5.75 Å². The Labute approximate surface area is 214 Å². The Hall–Kier alpha value is -3.40. The fourth-order valence-electron chi connectivity index (χ4n) is 3.89. The van der Waals surface area contributed by atoms with Crippen LogP contribution in [0.15, 0.2) is 66.7 Å². The molecule has 0 radical (unpaired) electrons. The zero-order chi connectivity index (χ0) is 27.0. The Morgan fingerprint density at radius 1 is 0.973 bits per heavy atom. The predicted molar refractivity (Wildman–Crippen MR) is 132 cm³/mol. The largest absolute Gasteiger partial charge is 0.496 e. The lowest BCUT2D eigenvalue weighted by molar-refractivity contribution is -0.202. The lowest BCUT2D eigenvalue weighted by atomic mass is 9.94. The molecule has 0 heterocycles. The molecule has 37 heavy (non-hydrogen) atoms. The summed E-state index contributed by atoms with van der Waals surface area (Å²) in [5.41, 5.74) is 1.96. The van der Waals surface area contributed by atoms with E-state index in [0.717, 1.165) is 17.7 Å². The van der Waals surface area contributed by atoms with Crippen LogP contribution in [0.5, 0.6) is 5.75 Å². The standard InChI is InChI=1S/C28H30F3NO5/c1-4-32(27(34)37-18-19-8-6-5-7-9-19)17-21-16-22(28(29,30)31)11-12-23(21)24-14-20(15-26(33)36-3)10-13-25(24)35-2/h5-14,16,27,34H,4,15,17-18H2,1-3H3. The van der Waals surface area contributed by atoms with Crippen LogP contribution in [-0.2, 0) is 40.0 Å². The predicted octanol–water partition coefficient (Wildman–Crippen LogP) is 5.41. The molecular formula is C28H30F3NO5. The molecule has 0 aliphatic heterocycles. The number of ether oxygens (including phenoxy) is 3. The topological polar surface area (TPSA) is 68.2 Å². The van der Waals surface area contributed by atoms with Gasteiger partial charge in [-0.2, -0.15) is 13.2 Å². The summed E-state index contributed by atoms with van der Waals surface area (Å²) in [6, 6.07) is 17.7. The summed E-state index contributed by atoms with van der Waals surface area (Å²) in [6.07, 6.45) is -5.90. The van der Waals surface area contributed by atoms with E-state index in [1.807, 2.05) is 30.3 Å².